The fraction of sp³-hybridized carbons (Fsp3) is 0.316. The Morgan fingerprint density at radius 3 is 2.50 bits per heavy atom. The molecule has 128 valence electrons. The van der Waals surface area contributed by atoms with E-state index in [2.05, 4.69) is 5.32 Å². The first kappa shape index (κ1) is 17.8. The number of methoxy groups -OCH3 is 1. The zero-order valence-corrected chi connectivity index (χ0v) is 14.4. The molecule has 5 nitrogen and oxygen atoms in total. The summed E-state index contributed by atoms with van der Waals surface area (Å²) in [6.07, 6.45) is 0. The summed E-state index contributed by atoms with van der Waals surface area (Å²) in [7, 11) is 5.16. The molecular weight excluding hydrogens is 304 g/mol. The molecule has 0 saturated heterocycles. The predicted octanol–water partition coefficient (Wildman–Crippen LogP) is 2.45. The van der Waals surface area contributed by atoms with E-state index in [1.54, 1.807) is 26.1 Å². The van der Waals surface area contributed by atoms with Crippen molar-refractivity contribution in [1.82, 2.24) is 10.2 Å². The average Bonchev–Trinajstić information content (AvgIpc) is 2.61. The van der Waals surface area contributed by atoms with E-state index in [0.717, 1.165) is 11.1 Å². The van der Waals surface area contributed by atoms with E-state index < -0.39 is 0 Å². The number of carbonyl (C=O) groups is 1. The van der Waals surface area contributed by atoms with Crippen LogP contribution in [0.25, 0.3) is 0 Å². The molecule has 0 aliphatic heterocycles. The standard InChI is InChI=1S/C19H24N2O3/c1-20-12-19(22)21(2)13-16-9-10-17(18(11-16)23-3)24-14-15-7-5-4-6-8-15/h4-11,20H,12-14H2,1-3H3. The van der Waals surface area contributed by atoms with Crippen LogP contribution >= 0.6 is 0 Å². The molecule has 0 aliphatic carbocycles. The van der Waals surface area contributed by atoms with Crippen molar-refractivity contribution in [1.29, 1.82) is 0 Å². The van der Waals surface area contributed by atoms with E-state index in [1.807, 2.05) is 48.5 Å². The number of ether oxygens (including phenoxy) is 2. The van der Waals surface area contributed by atoms with E-state index in [9.17, 15) is 4.79 Å². The highest BCUT2D eigenvalue weighted by molar-refractivity contribution is 5.77. The molecule has 1 amide bonds. The van der Waals surface area contributed by atoms with Crippen molar-refractivity contribution in [3.63, 3.8) is 0 Å². The van der Waals surface area contributed by atoms with Gasteiger partial charge in [0.1, 0.15) is 6.61 Å². The van der Waals surface area contributed by atoms with Crippen LogP contribution in [-0.4, -0.2) is 38.6 Å². The van der Waals surface area contributed by atoms with Gasteiger partial charge in [0.15, 0.2) is 11.5 Å². The molecular formula is C19H24N2O3. The number of hydrogen-bond acceptors (Lipinski definition) is 4. The van der Waals surface area contributed by atoms with Crippen molar-refractivity contribution in [3.8, 4) is 11.5 Å². The Bertz CT molecular complexity index is 659. The van der Waals surface area contributed by atoms with Crippen LogP contribution in [0.5, 0.6) is 11.5 Å². The van der Waals surface area contributed by atoms with Crippen LogP contribution < -0.4 is 14.8 Å². The number of amides is 1. The molecule has 1 N–H and O–H groups in total. The maximum atomic E-state index is 11.8. The monoisotopic (exact) mass is 328 g/mol. The number of carbonyl (C=O) groups excluding carboxylic acids is 1. The molecule has 0 aromatic heterocycles. The third-order valence-corrected chi connectivity index (χ3v) is 3.64. The lowest BCUT2D eigenvalue weighted by Gasteiger charge is -2.18. The van der Waals surface area contributed by atoms with Gasteiger partial charge in [0.25, 0.3) is 0 Å². The second kappa shape index (κ2) is 8.93. The number of nitrogens with one attached hydrogen (secondary N) is 1. The smallest absolute Gasteiger partial charge is 0.236 e. The van der Waals surface area contributed by atoms with E-state index in [4.69, 9.17) is 9.47 Å². The van der Waals surface area contributed by atoms with Crippen molar-refractivity contribution in [2.75, 3.05) is 27.7 Å². The molecule has 2 rings (SSSR count). The first-order valence-corrected chi connectivity index (χ1v) is 7.86. The first-order valence-electron chi connectivity index (χ1n) is 7.86. The van der Waals surface area contributed by atoms with Crippen molar-refractivity contribution >= 4 is 5.91 Å². The third-order valence-electron chi connectivity index (χ3n) is 3.64. The second-order valence-electron chi connectivity index (χ2n) is 5.54. The Morgan fingerprint density at radius 1 is 1.08 bits per heavy atom. The number of benzene rings is 2. The lowest BCUT2D eigenvalue weighted by atomic mass is 10.2. The van der Waals surface area contributed by atoms with Crippen LogP contribution in [0.1, 0.15) is 11.1 Å². The van der Waals surface area contributed by atoms with Crippen LogP contribution in [0.15, 0.2) is 48.5 Å². The van der Waals surface area contributed by atoms with Crippen LogP contribution in [-0.2, 0) is 17.9 Å². The Labute approximate surface area is 143 Å². The largest absolute Gasteiger partial charge is 0.493 e. The maximum Gasteiger partial charge on any atom is 0.236 e. The van der Waals surface area contributed by atoms with E-state index in [-0.39, 0.29) is 5.91 Å². The summed E-state index contributed by atoms with van der Waals surface area (Å²) in [5.74, 6) is 1.40. The number of nitrogens with zero attached hydrogens (tertiary/aromatic N) is 1. The van der Waals surface area contributed by atoms with Crippen molar-refractivity contribution in [2.24, 2.45) is 0 Å². The van der Waals surface area contributed by atoms with Crippen LogP contribution in [0.2, 0.25) is 0 Å². The molecule has 24 heavy (non-hydrogen) atoms. The van der Waals surface area contributed by atoms with Gasteiger partial charge in [-0.05, 0) is 30.3 Å². The summed E-state index contributed by atoms with van der Waals surface area (Å²) >= 11 is 0. The predicted molar refractivity (Wildman–Crippen MR) is 94.2 cm³/mol. The normalized spacial score (nSPS) is 10.3. The van der Waals surface area contributed by atoms with E-state index in [0.29, 0.717) is 31.2 Å². The van der Waals surface area contributed by atoms with Crippen molar-refractivity contribution in [2.45, 2.75) is 13.2 Å². The van der Waals surface area contributed by atoms with Crippen molar-refractivity contribution < 1.29 is 14.3 Å². The summed E-state index contributed by atoms with van der Waals surface area (Å²) in [6.45, 7) is 1.33. The molecule has 0 spiro atoms. The highest BCUT2D eigenvalue weighted by Gasteiger charge is 2.11. The zero-order chi connectivity index (χ0) is 17.4. The summed E-state index contributed by atoms with van der Waals surface area (Å²) in [6, 6.07) is 15.7. The SMILES string of the molecule is CNCC(=O)N(C)Cc1ccc(OCc2ccccc2)c(OC)c1. The highest BCUT2D eigenvalue weighted by atomic mass is 16.5. The van der Waals surface area contributed by atoms with Gasteiger partial charge in [0.2, 0.25) is 5.91 Å². The van der Waals surface area contributed by atoms with Gasteiger partial charge in [0.05, 0.1) is 13.7 Å². The van der Waals surface area contributed by atoms with Gasteiger partial charge in [-0.2, -0.15) is 0 Å². The zero-order valence-electron chi connectivity index (χ0n) is 14.4. The number of likely N-dealkylation sites (N-methyl/N-ethyl adjacent to an activating group) is 2. The van der Waals surface area contributed by atoms with Crippen molar-refractivity contribution in [3.05, 3.63) is 59.7 Å². The molecule has 0 aliphatic rings. The molecule has 0 atom stereocenters. The molecule has 2 aromatic carbocycles. The summed E-state index contributed by atoms with van der Waals surface area (Å²) < 4.78 is 11.3. The molecule has 5 heteroatoms. The second-order valence-corrected chi connectivity index (χ2v) is 5.54. The Kier molecular flexibility index (Phi) is 6.63. The van der Waals surface area contributed by atoms with Gasteiger partial charge < -0.3 is 19.7 Å². The molecule has 2 aromatic rings. The lowest BCUT2D eigenvalue weighted by molar-refractivity contribution is -0.129. The van der Waals surface area contributed by atoms with Gasteiger partial charge in [0, 0.05) is 13.6 Å². The maximum absolute atomic E-state index is 11.8. The minimum Gasteiger partial charge on any atom is -0.493 e. The lowest BCUT2D eigenvalue weighted by Crippen LogP contribution is -2.33. The van der Waals surface area contributed by atoms with E-state index >= 15 is 0 Å². The van der Waals surface area contributed by atoms with Gasteiger partial charge in [-0.3, -0.25) is 4.79 Å². The third kappa shape index (κ3) is 4.99. The first-order chi connectivity index (χ1) is 11.6. The quantitative estimate of drug-likeness (QED) is 0.809. The van der Waals surface area contributed by atoms with Gasteiger partial charge >= 0.3 is 0 Å². The fourth-order valence-corrected chi connectivity index (χ4v) is 2.31. The number of rotatable bonds is 8. The van der Waals surface area contributed by atoms with Crippen LogP contribution in [0.4, 0.5) is 0 Å². The molecule has 0 heterocycles. The van der Waals surface area contributed by atoms with Gasteiger partial charge in [-0.25, -0.2) is 0 Å². The minimum atomic E-state index is 0.0425. The van der Waals surface area contributed by atoms with Crippen LogP contribution in [0.3, 0.4) is 0 Å². The number of hydrogen-bond donors (Lipinski definition) is 1. The Balaban J connectivity index is 2.03. The highest BCUT2D eigenvalue weighted by Crippen LogP contribution is 2.29. The Hall–Kier alpha value is -2.53. The Morgan fingerprint density at radius 2 is 1.83 bits per heavy atom. The van der Waals surface area contributed by atoms with Gasteiger partial charge in [-0.1, -0.05) is 36.4 Å². The van der Waals surface area contributed by atoms with Crippen LogP contribution in [0, 0.1) is 0 Å². The summed E-state index contributed by atoms with van der Waals surface area (Å²) in [5, 5.41) is 2.86. The summed E-state index contributed by atoms with van der Waals surface area (Å²) in [4.78, 5) is 13.5. The molecule has 0 fully saturated rings. The van der Waals surface area contributed by atoms with E-state index in [1.165, 1.54) is 0 Å². The molecule has 0 bridgehead atoms. The topological polar surface area (TPSA) is 50.8 Å². The fourth-order valence-electron chi connectivity index (χ4n) is 2.31. The molecule has 0 unspecified atom stereocenters. The van der Waals surface area contributed by atoms with Gasteiger partial charge in [-0.15, -0.1) is 0 Å². The molecule has 0 saturated carbocycles. The average molecular weight is 328 g/mol. The summed E-state index contributed by atoms with van der Waals surface area (Å²) in [5.41, 5.74) is 2.09. The minimum absolute atomic E-state index is 0.0425. The molecule has 0 radical (unpaired) electrons.